The lowest BCUT2D eigenvalue weighted by molar-refractivity contribution is 0.607. The van der Waals surface area contributed by atoms with E-state index >= 15 is 0 Å². The molecule has 2 aromatic rings. The molecule has 0 bridgehead atoms. The van der Waals surface area contributed by atoms with Gasteiger partial charge in [0, 0.05) is 48.5 Å². The van der Waals surface area contributed by atoms with Gasteiger partial charge < -0.3 is 10.6 Å². The summed E-state index contributed by atoms with van der Waals surface area (Å²) in [4.78, 5) is 8.79. The molecule has 2 N–H and O–H groups in total. The Morgan fingerprint density at radius 2 is 2.04 bits per heavy atom. The standard InChI is InChI=1S/C18H22ClFN4/c1-2-21-18(23-12-9-14-6-3-4-11-22-14)24-13-10-15-16(19)7-5-8-17(15)20/h3-8,11H,2,9-10,12-13H2,1H3,(H2,21,23,24). The highest BCUT2D eigenvalue weighted by Crippen LogP contribution is 2.18. The first kappa shape index (κ1) is 18.2. The van der Waals surface area contributed by atoms with Crippen LogP contribution < -0.4 is 10.6 Å². The molecule has 0 unspecified atom stereocenters. The molecule has 0 spiro atoms. The van der Waals surface area contributed by atoms with Gasteiger partial charge in [0.1, 0.15) is 5.82 Å². The van der Waals surface area contributed by atoms with Crippen molar-refractivity contribution in [3.05, 3.63) is 64.7 Å². The van der Waals surface area contributed by atoms with E-state index in [1.54, 1.807) is 18.3 Å². The maximum Gasteiger partial charge on any atom is 0.191 e. The zero-order chi connectivity index (χ0) is 17.2. The summed E-state index contributed by atoms with van der Waals surface area (Å²) in [6.45, 7) is 3.95. The third-order valence-electron chi connectivity index (χ3n) is 3.44. The average molecular weight is 349 g/mol. The second-order valence-corrected chi connectivity index (χ2v) is 5.62. The van der Waals surface area contributed by atoms with E-state index in [-0.39, 0.29) is 5.82 Å². The molecular weight excluding hydrogens is 327 g/mol. The predicted molar refractivity (Wildman–Crippen MR) is 97.0 cm³/mol. The minimum atomic E-state index is -0.276. The van der Waals surface area contributed by atoms with Gasteiger partial charge in [0.25, 0.3) is 0 Å². The van der Waals surface area contributed by atoms with Gasteiger partial charge in [0.05, 0.1) is 0 Å². The third kappa shape index (κ3) is 5.81. The van der Waals surface area contributed by atoms with Gasteiger partial charge in [0.2, 0.25) is 0 Å². The summed E-state index contributed by atoms with van der Waals surface area (Å²) in [5.74, 6) is 0.433. The molecule has 6 heteroatoms. The molecule has 128 valence electrons. The lowest BCUT2D eigenvalue weighted by atomic mass is 10.1. The van der Waals surface area contributed by atoms with Crippen molar-refractivity contribution in [2.45, 2.75) is 19.8 Å². The molecule has 4 nitrogen and oxygen atoms in total. The van der Waals surface area contributed by atoms with Gasteiger partial charge in [-0.2, -0.15) is 0 Å². The van der Waals surface area contributed by atoms with E-state index in [4.69, 9.17) is 11.6 Å². The van der Waals surface area contributed by atoms with Crippen LogP contribution in [0.1, 0.15) is 18.2 Å². The van der Waals surface area contributed by atoms with Crippen LogP contribution in [0.15, 0.2) is 47.6 Å². The molecule has 0 radical (unpaired) electrons. The maximum atomic E-state index is 13.7. The van der Waals surface area contributed by atoms with E-state index in [9.17, 15) is 4.39 Å². The highest BCUT2D eigenvalue weighted by Gasteiger charge is 2.06. The van der Waals surface area contributed by atoms with Crippen LogP contribution in [0.4, 0.5) is 4.39 Å². The topological polar surface area (TPSA) is 49.3 Å². The zero-order valence-corrected chi connectivity index (χ0v) is 14.5. The van der Waals surface area contributed by atoms with Crippen molar-refractivity contribution in [3.63, 3.8) is 0 Å². The molecule has 0 aliphatic heterocycles. The molecule has 2 rings (SSSR count). The number of rotatable bonds is 7. The van der Waals surface area contributed by atoms with Crippen molar-refractivity contribution in [1.29, 1.82) is 0 Å². The molecule has 1 aromatic heterocycles. The molecule has 0 atom stereocenters. The highest BCUT2D eigenvalue weighted by molar-refractivity contribution is 6.31. The molecule has 1 aromatic carbocycles. The van der Waals surface area contributed by atoms with Gasteiger partial charge in [-0.25, -0.2) is 4.39 Å². The van der Waals surface area contributed by atoms with Crippen molar-refractivity contribution in [1.82, 2.24) is 15.6 Å². The van der Waals surface area contributed by atoms with E-state index in [1.165, 1.54) is 6.07 Å². The Kier molecular flexibility index (Phi) is 7.49. The zero-order valence-electron chi connectivity index (χ0n) is 13.7. The van der Waals surface area contributed by atoms with Gasteiger partial charge in [-0.1, -0.05) is 23.7 Å². The predicted octanol–water partition coefficient (Wildman–Crippen LogP) is 3.21. The fourth-order valence-electron chi connectivity index (χ4n) is 2.25. The van der Waals surface area contributed by atoms with Crippen LogP contribution >= 0.6 is 11.6 Å². The molecule has 0 aliphatic carbocycles. The minimum Gasteiger partial charge on any atom is -0.357 e. The largest absolute Gasteiger partial charge is 0.357 e. The first-order chi connectivity index (χ1) is 11.7. The van der Waals surface area contributed by atoms with Crippen molar-refractivity contribution in [2.24, 2.45) is 4.99 Å². The number of nitrogens with one attached hydrogen (secondary N) is 2. The van der Waals surface area contributed by atoms with Crippen LogP contribution in [-0.2, 0) is 12.8 Å². The molecule has 0 aliphatic rings. The number of guanidine groups is 1. The molecular formula is C18H22ClFN4. The van der Waals surface area contributed by atoms with Gasteiger partial charge in [-0.3, -0.25) is 9.98 Å². The molecule has 24 heavy (non-hydrogen) atoms. The number of nitrogens with zero attached hydrogens (tertiary/aromatic N) is 2. The Balaban J connectivity index is 1.85. The summed E-state index contributed by atoms with van der Waals surface area (Å²) in [6.07, 6.45) is 3.05. The molecule has 0 fully saturated rings. The summed E-state index contributed by atoms with van der Waals surface area (Å²) in [6, 6.07) is 10.6. The monoisotopic (exact) mass is 348 g/mol. The molecule has 0 saturated carbocycles. The summed E-state index contributed by atoms with van der Waals surface area (Å²) in [5, 5.41) is 6.83. The number of halogens is 2. The summed E-state index contributed by atoms with van der Waals surface area (Å²) in [7, 11) is 0. The number of hydrogen-bond donors (Lipinski definition) is 2. The van der Waals surface area contributed by atoms with Gasteiger partial charge in [0.15, 0.2) is 5.96 Å². The Morgan fingerprint density at radius 1 is 1.17 bits per heavy atom. The number of aromatic nitrogens is 1. The fraction of sp³-hybridized carbons (Fsp3) is 0.333. The lowest BCUT2D eigenvalue weighted by Crippen LogP contribution is -2.38. The van der Waals surface area contributed by atoms with Crippen LogP contribution in [0.25, 0.3) is 0 Å². The van der Waals surface area contributed by atoms with E-state index in [0.29, 0.717) is 36.1 Å². The first-order valence-electron chi connectivity index (χ1n) is 8.05. The number of aliphatic imine (C=N–C) groups is 1. The highest BCUT2D eigenvalue weighted by atomic mass is 35.5. The van der Waals surface area contributed by atoms with E-state index < -0.39 is 0 Å². The summed E-state index contributed by atoms with van der Waals surface area (Å²) >= 11 is 6.04. The normalized spacial score (nSPS) is 11.4. The first-order valence-corrected chi connectivity index (χ1v) is 8.43. The SMILES string of the molecule is CCNC(=NCCc1ccccn1)NCCc1c(F)cccc1Cl. The molecule has 1 heterocycles. The number of benzene rings is 1. The van der Waals surface area contributed by atoms with Crippen LogP contribution in [0.2, 0.25) is 5.02 Å². The quantitative estimate of drug-likeness (QED) is 0.596. The van der Waals surface area contributed by atoms with Crippen molar-refractivity contribution >= 4 is 17.6 Å². The van der Waals surface area contributed by atoms with Crippen molar-refractivity contribution in [2.75, 3.05) is 19.6 Å². The van der Waals surface area contributed by atoms with Gasteiger partial charge in [-0.15, -0.1) is 0 Å². The second-order valence-electron chi connectivity index (χ2n) is 5.21. The van der Waals surface area contributed by atoms with Crippen LogP contribution in [0, 0.1) is 5.82 Å². The summed E-state index contributed by atoms with van der Waals surface area (Å²) < 4.78 is 13.7. The maximum absolute atomic E-state index is 13.7. The smallest absolute Gasteiger partial charge is 0.191 e. The van der Waals surface area contributed by atoms with Crippen LogP contribution in [-0.4, -0.2) is 30.6 Å². The van der Waals surface area contributed by atoms with Gasteiger partial charge in [-0.05, 0) is 37.6 Å². The average Bonchev–Trinajstić information content (AvgIpc) is 2.58. The van der Waals surface area contributed by atoms with Crippen LogP contribution in [0.5, 0.6) is 0 Å². The lowest BCUT2D eigenvalue weighted by Gasteiger charge is -2.12. The Bertz CT molecular complexity index is 641. The van der Waals surface area contributed by atoms with Gasteiger partial charge >= 0.3 is 0 Å². The van der Waals surface area contributed by atoms with Crippen molar-refractivity contribution < 1.29 is 4.39 Å². The van der Waals surface area contributed by atoms with E-state index in [2.05, 4.69) is 20.6 Å². The Labute approximate surface area is 147 Å². The third-order valence-corrected chi connectivity index (χ3v) is 3.79. The van der Waals surface area contributed by atoms with Crippen molar-refractivity contribution in [3.8, 4) is 0 Å². The molecule has 0 saturated heterocycles. The minimum absolute atomic E-state index is 0.276. The number of hydrogen-bond acceptors (Lipinski definition) is 2. The summed E-state index contributed by atoms with van der Waals surface area (Å²) in [5.41, 5.74) is 1.53. The number of pyridine rings is 1. The Morgan fingerprint density at radius 3 is 2.75 bits per heavy atom. The van der Waals surface area contributed by atoms with Crippen LogP contribution in [0.3, 0.4) is 0 Å². The van der Waals surface area contributed by atoms with E-state index in [0.717, 1.165) is 18.7 Å². The fourth-order valence-corrected chi connectivity index (χ4v) is 2.50. The Hall–Kier alpha value is -2.14. The molecule has 0 amide bonds. The second kappa shape index (κ2) is 9.88. The van der Waals surface area contributed by atoms with E-state index in [1.807, 2.05) is 25.1 Å².